The number of allylic oxidation sites excluding steroid dienone is 1. The number of sulfonamides is 1. The zero-order valence-corrected chi connectivity index (χ0v) is 21.1. The van der Waals surface area contributed by atoms with E-state index in [9.17, 15) is 8.42 Å². The van der Waals surface area contributed by atoms with Gasteiger partial charge >= 0.3 is 0 Å². The lowest BCUT2D eigenvalue weighted by Gasteiger charge is -2.32. The van der Waals surface area contributed by atoms with Crippen molar-refractivity contribution in [3.63, 3.8) is 0 Å². The van der Waals surface area contributed by atoms with Crippen molar-refractivity contribution in [2.45, 2.75) is 32.2 Å². The predicted molar refractivity (Wildman–Crippen MR) is 136 cm³/mol. The van der Waals surface area contributed by atoms with Crippen molar-refractivity contribution in [1.29, 1.82) is 0 Å². The topological polar surface area (TPSA) is 37.4 Å². The van der Waals surface area contributed by atoms with E-state index in [2.05, 4.69) is 81.1 Å². The largest absolute Gasteiger partial charge is 0.243 e. The number of nitrogens with zero attached hydrogens (tertiary/aromatic N) is 1. The van der Waals surface area contributed by atoms with E-state index < -0.39 is 18.1 Å². The van der Waals surface area contributed by atoms with Crippen LogP contribution in [-0.2, 0) is 10.0 Å². The first kappa shape index (κ1) is 22.7. The molecule has 3 aromatic rings. The summed E-state index contributed by atoms with van der Waals surface area (Å²) in [6, 6.07) is 28.6. The van der Waals surface area contributed by atoms with E-state index in [0.717, 1.165) is 5.56 Å². The lowest BCUT2D eigenvalue weighted by molar-refractivity contribution is 0.464. The minimum absolute atomic E-state index is 0.189. The molecule has 0 spiro atoms. The fourth-order valence-corrected chi connectivity index (χ4v) is 10.2. The first-order valence-electron chi connectivity index (χ1n) is 11.1. The van der Waals surface area contributed by atoms with Crippen molar-refractivity contribution in [3.8, 4) is 0 Å². The Labute approximate surface area is 193 Å². The number of rotatable bonds is 5. The lowest BCUT2D eigenvalue weighted by Crippen LogP contribution is -2.57. The molecule has 1 unspecified atom stereocenters. The molecule has 4 rings (SSSR count). The van der Waals surface area contributed by atoms with Crippen LogP contribution in [0.5, 0.6) is 0 Å². The molecule has 1 aliphatic rings. The molecule has 32 heavy (non-hydrogen) atoms. The van der Waals surface area contributed by atoms with Crippen LogP contribution in [0.2, 0.25) is 6.55 Å². The van der Waals surface area contributed by atoms with E-state index in [4.69, 9.17) is 0 Å². The summed E-state index contributed by atoms with van der Waals surface area (Å²) in [5, 5.41) is 4.07. The summed E-state index contributed by atoms with van der Waals surface area (Å²) in [7, 11) is -5.74. The molecule has 0 bridgehead atoms. The van der Waals surface area contributed by atoms with Crippen LogP contribution in [-0.4, -0.2) is 33.9 Å². The maximum atomic E-state index is 13.4. The second-order valence-corrected chi connectivity index (χ2v) is 15.1. The van der Waals surface area contributed by atoms with Crippen molar-refractivity contribution < 1.29 is 8.42 Å². The van der Waals surface area contributed by atoms with Gasteiger partial charge in [-0.3, -0.25) is 0 Å². The van der Waals surface area contributed by atoms with Crippen molar-refractivity contribution in [2.24, 2.45) is 5.92 Å². The molecular formula is C27H31NO2SSi. The SMILES string of the molecule is C/C(=C1\CN(S(=O)(=O)c2ccc(C)cc2)CC1C)[Si](C)(c1ccccc1)c1ccccc1. The molecule has 1 heterocycles. The van der Waals surface area contributed by atoms with Gasteiger partial charge in [-0.25, -0.2) is 8.42 Å². The predicted octanol–water partition coefficient (Wildman–Crippen LogP) is 4.38. The van der Waals surface area contributed by atoms with Crippen LogP contribution in [0.1, 0.15) is 19.4 Å². The highest BCUT2D eigenvalue weighted by Gasteiger charge is 2.40. The lowest BCUT2D eigenvalue weighted by atomic mass is 10.1. The Morgan fingerprint density at radius 2 is 1.38 bits per heavy atom. The molecule has 0 N–H and O–H groups in total. The molecule has 0 aromatic heterocycles. The van der Waals surface area contributed by atoms with E-state index in [1.807, 2.05) is 19.1 Å². The zero-order chi connectivity index (χ0) is 22.9. The molecule has 0 saturated carbocycles. The molecule has 1 saturated heterocycles. The fourth-order valence-electron chi connectivity index (χ4n) is 4.82. The zero-order valence-electron chi connectivity index (χ0n) is 19.2. The van der Waals surface area contributed by atoms with Crippen molar-refractivity contribution in [1.82, 2.24) is 4.31 Å². The van der Waals surface area contributed by atoms with Gasteiger partial charge in [0.2, 0.25) is 10.0 Å². The van der Waals surface area contributed by atoms with Gasteiger partial charge in [0, 0.05) is 13.1 Å². The van der Waals surface area contributed by atoms with E-state index >= 15 is 0 Å². The van der Waals surface area contributed by atoms with Gasteiger partial charge in [-0.2, -0.15) is 4.31 Å². The monoisotopic (exact) mass is 461 g/mol. The van der Waals surface area contributed by atoms with Crippen molar-refractivity contribution >= 4 is 28.5 Å². The summed E-state index contributed by atoms with van der Waals surface area (Å²) >= 11 is 0. The molecule has 5 heteroatoms. The number of hydrogen-bond donors (Lipinski definition) is 0. The third-order valence-corrected chi connectivity index (χ3v) is 13.6. The molecule has 0 amide bonds. The van der Waals surface area contributed by atoms with Crippen LogP contribution in [0, 0.1) is 12.8 Å². The quantitative estimate of drug-likeness (QED) is 0.529. The Morgan fingerprint density at radius 3 is 1.88 bits per heavy atom. The highest BCUT2D eigenvalue weighted by Crippen LogP contribution is 2.33. The van der Waals surface area contributed by atoms with Crippen LogP contribution >= 0.6 is 0 Å². The minimum atomic E-state index is -3.51. The maximum absolute atomic E-state index is 13.4. The molecule has 3 nitrogen and oxygen atoms in total. The molecule has 1 atom stereocenters. The molecule has 0 radical (unpaired) electrons. The van der Waals surface area contributed by atoms with Gasteiger partial charge in [-0.15, -0.1) is 0 Å². The first-order valence-corrected chi connectivity index (χ1v) is 15.1. The molecule has 1 aliphatic heterocycles. The van der Waals surface area contributed by atoms with E-state index in [1.54, 1.807) is 16.4 Å². The molecule has 1 fully saturated rings. The number of benzene rings is 3. The Morgan fingerprint density at radius 1 is 0.875 bits per heavy atom. The molecule has 166 valence electrons. The second kappa shape index (κ2) is 8.81. The molecular weight excluding hydrogens is 430 g/mol. The standard InChI is InChI=1S/C27H31NO2SSi/c1-21-15-17-24(18-16-21)31(29,30)28-19-22(2)27(20-28)23(3)32(4,25-11-7-5-8-12-25)26-13-9-6-10-14-26/h5-18,22H,19-20H2,1-4H3/b27-23-. The van der Waals surface area contributed by atoms with Crippen LogP contribution in [0.15, 0.2) is 101 Å². The Bertz CT molecular complexity index is 1180. The Hall–Kier alpha value is -2.47. The summed E-state index contributed by atoms with van der Waals surface area (Å²) < 4.78 is 28.4. The molecule has 0 aliphatic carbocycles. The Kier molecular flexibility index (Phi) is 6.25. The van der Waals surface area contributed by atoms with E-state index in [-0.39, 0.29) is 5.92 Å². The van der Waals surface area contributed by atoms with Gasteiger partial charge in [0.1, 0.15) is 8.07 Å². The van der Waals surface area contributed by atoms with Gasteiger partial charge in [-0.1, -0.05) is 103 Å². The number of hydrogen-bond acceptors (Lipinski definition) is 2. The summed E-state index contributed by atoms with van der Waals surface area (Å²) in [5.74, 6) is 0.189. The summed E-state index contributed by atoms with van der Waals surface area (Å²) in [5.41, 5.74) is 2.32. The van der Waals surface area contributed by atoms with E-state index in [0.29, 0.717) is 18.0 Å². The van der Waals surface area contributed by atoms with E-state index in [1.165, 1.54) is 21.1 Å². The van der Waals surface area contributed by atoms with Gasteiger partial charge in [0.25, 0.3) is 0 Å². The van der Waals surface area contributed by atoms with Crippen LogP contribution in [0.3, 0.4) is 0 Å². The van der Waals surface area contributed by atoms with Crippen LogP contribution in [0.25, 0.3) is 0 Å². The summed E-state index contributed by atoms with van der Waals surface area (Å²) in [6.45, 7) is 9.75. The summed E-state index contributed by atoms with van der Waals surface area (Å²) in [4.78, 5) is 0.375. The average molecular weight is 462 g/mol. The summed E-state index contributed by atoms with van der Waals surface area (Å²) in [6.07, 6.45) is 0. The van der Waals surface area contributed by atoms with Crippen molar-refractivity contribution in [3.05, 3.63) is 101 Å². The molecule has 3 aromatic carbocycles. The van der Waals surface area contributed by atoms with Gasteiger partial charge in [0.15, 0.2) is 0 Å². The highest BCUT2D eigenvalue weighted by atomic mass is 32.2. The van der Waals surface area contributed by atoms with Gasteiger partial charge in [0.05, 0.1) is 4.90 Å². The van der Waals surface area contributed by atoms with Crippen LogP contribution < -0.4 is 10.4 Å². The fraction of sp³-hybridized carbons (Fsp3) is 0.259. The first-order chi connectivity index (χ1) is 15.2. The number of aryl methyl sites for hydroxylation is 1. The van der Waals surface area contributed by atoms with Crippen molar-refractivity contribution in [2.75, 3.05) is 13.1 Å². The van der Waals surface area contributed by atoms with Gasteiger partial charge < -0.3 is 0 Å². The van der Waals surface area contributed by atoms with Gasteiger partial charge in [-0.05, 0) is 42.3 Å². The second-order valence-electron chi connectivity index (χ2n) is 9.02. The smallest absolute Gasteiger partial charge is 0.207 e. The third kappa shape index (κ3) is 4.01. The normalized spacial score (nSPS) is 19.2. The Balaban J connectivity index is 1.78. The average Bonchev–Trinajstić information content (AvgIpc) is 3.22. The highest BCUT2D eigenvalue weighted by molar-refractivity contribution is 7.89. The third-order valence-electron chi connectivity index (χ3n) is 7.01. The minimum Gasteiger partial charge on any atom is -0.207 e. The maximum Gasteiger partial charge on any atom is 0.243 e. The van der Waals surface area contributed by atoms with Crippen LogP contribution in [0.4, 0.5) is 0 Å².